The number of tetrazole rings is 1. The topological polar surface area (TPSA) is 71.2 Å². The molecular weight excluding hydrogens is 374 g/mol. The molecule has 1 amide bonds. The Kier molecular flexibility index (Phi) is 5.56. The van der Waals surface area contributed by atoms with Gasteiger partial charge in [-0.15, -0.1) is 0 Å². The highest BCUT2D eigenvalue weighted by Crippen LogP contribution is 2.19. The largest absolute Gasteiger partial charge is 0.352 e. The van der Waals surface area contributed by atoms with Gasteiger partial charge in [0.1, 0.15) is 0 Å². The zero-order valence-corrected chi connectivity index (χ0v) is 17.3. The van der Waals surface area contributed by atoms with Gasteiger partial charge in [-0.25, -0.2) is 4.68 Å². The third kappa shape index (κ3) is 4.31. The Morgan fingerprint density at radius 2 is 1.75 bits per heavy atom. The van der Waals surface area contributed by atoms with Crippen molar-refractivity contribution in [1.29, 1.82) is 0 Å². The van der Waals surface area contributed by atoms with Gasteiger partial charge in [0.15, 0.2) is 0 Å². The number of aromatic nitrogens is 4. The van der Waals surface area contributed by atoms with Gasteiger partial charge < -0.3 is 5.32 Å². The number of carbonyl (C=O) groups excluding carboxylic acids is 1. The minimum Gasteiger partial charge on any atom is -0.352 e. The molecule has 1 N–H and O–H groups in total. The number of nitrogens with one attached hydrogen (secondary N) is 1. The third-order valence-electron chi connectivity index (χ3n) is 5.40. The van der Waals surface area contributed by atoms with E-state index in [1.54, 1.807) is 9.36 Å². The summed E-state index contributed by atoms with van der Waals surface area (Å²) in [7, 11) is 0. The van der Waals surface area contributed by atoms with Crippen molar-refractivity contribution in [1.82, 2.24) is 34.9 Å². The molecule has 1 saturated heterocycles. The number of hydrogen-bond acceptors (Lipinski definition) is 6. The predicted octanol–water partition coefficient (Wildman–Crippen LogP) is 1.27. The van der Waals surface area contributed by atoms with Gasteiger partial charge in [-0.05, 0) is 60.5 Å². The Morgan fingerprint density at radius 1 is 1.11 bits per heavy atom. The second-order valence-corrected chi connectivity index (χ2v) is 8.16. The lowest BCUT2D eigenvalue weighted by Gasteiger charge is -2.33. The summed E-state index contributed by atoms with van der Waals surface area (Å²) < 4.78 is 4.12. The first-order chi connectivity index (χ1) is 13.5. The lowest BCUT2D eigenvalue weighted by atomic mass is 10.1. The highest BCUT2D eigenvalue weighted by Gasteiger charge is 2.25. The Morgan fingerprint density at radius 3 is 2.39 bits per heavy atom. The number of piperazine rings is 1. The number of para-hydroxylation sites is 1. The average molecular weight is 402 g/mol. The van der Waals surface area contributed by atoms with Gasteiger partial charge in [-0.3, -0.25) is 14.6 Å². The number of nitrogens with zero attached hydrogens (tertiary/aromatic N) is 6. The van der Waals surface area contributed by atoms with E-state index in [0.29, 0.717) is 24.0 Å². The summed E-state index contributed by atoms with van der Waals surface area (Å²) in [6.45, 7) is 8.73. The molecule has 0 spiro atoms. The first kappa shape index (κ1) is 19.2. The Hall–Kier alpha value is -2.10. The van der Waals surface area contributed by atoms with Crippen LogP contribution in [0.2, 0.25) is 0 Å². The minimum atomic E-state index is 0.148. The van der Waals surface area contributed by atoms with Gasteiger partial charge in [0.05, 0.1) is 18.9 Å². The van der Waals surface area contributed by atoms with Gasteiger partial charge in [-0.2, -0.15) is 4.68 Å². The van der Waals surface area contributed by atoms with Crippen molar-refractivity contribution in [3.63, 3.8) is 0 Å². The first-order valence-electron chi connectivity index (χ1n) is 9.85. The molecule has 2 fully saturated rings. The molecule has 0 radical (unpaired) electrons. The molecule has 2 aliphatic rings. The van der Waals surface area contributed by atoms with Gasteiger partial charge >= 0.3 is 0 Å². The van der Waals surface area contributed by atoms with Crippen LogP contribution in [0.5, 0.6) is 0 Å². The van der Waals surface area contributed by atoms with Crippen LogP contribution in [0.25, 0.3) is 5.69 Å². The van der Waals surface area contributed by atoms with E-state index >= 15 is 0 Å². The molecule has 4 rings (SSSR count). The molecule has 2 heterocycles. The summed E-state index contributed by atoms with van der Waals surface area (Å²) in [5.74, 6) is 0.148. The van der Waals surface area contributed by atoms with E-state index in [4.69, 9.17) is 12.2 Å². The van der Waals surface area contributed by atoms with E-state index < -0.39 is 0 Å². The minimum absolute atomic E-state index is 0.148. The molecule has 2 aromatic rings. The van der Waals surface area contributed by atoms with Crippen LogP contribution in [0.4, 0.5) is 0 Å². The molecule has 1 aromatic carbocycles. The number of hydrogen-bond donors (Lipinski definition) is 1. The van der Waals surface area contributed by atoms with Gasteiger partial charge in [0, 0.05) is 32.2 Å². The zero-order chi connectivity index (χ0) is 19.7. The quantitative estimate of drug-likeness (QED) is 0.735. The van der Waals surface area contributed by atoms with Crippen LogP contribution in [0.15, 0.2) is 18.2 Å². The second kappa shape index (κ2) is 8.10. The Labute approximate surface area is 170 Å². The fourth-order valence-corrected chi connectivity index (χ4v) is 3.85. The summed E-state index contributed by atoms with van der Waals surface area (Å²) in [5.41, 5.74) is 3.26. The van der Waals surface area contributed by atoms with Crippen molar-refractivity contribution in [2.75, 3.05) is 32.7 Å². The molecular formula is C19H27N7OS. The molecule has 0 atom stereocenters. The maximum Gasteiger partial charge on any atom is 0.234 e. The van der Waals surface area contributed by atoms with E-state index in [9.17, 15) is 4.79 Å². The fourth-order valence-electron chi connectivity index (χ4n) is 3.63. The second-order valence-electron chi connectivity index (χ2n) is 7.79. The molecule has 0 bridgehead atoms. The van der Waals surface area contributed by atoms with Crippen LogP contribution in [-0.4, -0.2) is 74.3 Å². The molecule has 150 valence electrons. The van der Waals surface area contributed by atoms with Crippen molar-refractivity contribution >= 4 is 18.1 Å². The van der Waals surface area contributed by atoms with Crippen LogP contribution in [-0.2, 0) is 11.5 Å². The lowest BCUT2D eigenvalue weighted by molar-refractivity contribution is -0.122. The molecule has 1 aliphatic heterocycles. The molecule has 8 nitrogen and oxygen atoms in total. The predicted molar refractivity (Wildman–Crippen MR) is 109 cm³/mol. The Balaban J connectivity index is 1.35. The van der Waals surface area contributed by atoms with Gasteiger partial charge in [0.2, 0.25) is 10.7 Å². The fraction of sp³-hybridized carbons (Fsp3) is 0.579. The van der Waals surface area contributed by atoms with Crippen LogP contribution in [0, 0.1) is 18.6 Å². The van der Waals surface area contributed by atoms with E-state index in [1.165, 1.54) is 0 Å². The smallest absolute Gasteiger partial charge is 0.234 e. The molecule has 0 unspecified atom stereocenters. The van der Waals surface area contributed by atoms with Crippen LogP contribution < -0.4 is 5.32 Å². The summed E-state index contributed by atoms with van der Waals surface area (Å²) in [4.78, 5) is 16.5. The average Bonchev–Trinajstić information content (AvgIpc) is 3.41. The molecule has 28 heavy (non-hydrogen) atoms. The standard InChI is InChI=1S/C19H27N7OS/c1-14-4-3-5-15(2)18(14)26-19(28)25(21-22-26)13-24-10-8-23(9-11-24)12-17(27)20-16-6-7-16/h3-5,16H,6-13H2,1-2H3,(H,20,27). The van der Waals surface area contributed by atoms with Gasteiger partial charge in [0.25, 0.3) is 0 Å². The van der Waals surface area contributed by atoms with Crippen LogP contribution >= 0.6 is 12.2 Å². The van der Waals surface area contributed by atoms with Gasteiger partial charge in [-0.1, -0.05) is 18.2 Å². The summed E-state index contributed by atoms with van der Waals surface area (Å²) >= 11 is 5.63. The number of rotatable bonds is 6. The number of benzene rings is 1. The highest BCUT2D eigenvalue weighted by molar-refractivity contribution is 7.71. The summed E-state index contributed by atoms with van der Waals surface area (Å²) in [6, 6.07) is 6.57. The number of carbonyl (C=O) groups is 1. The first-order valence-corrected chi connectivity index (χ1v) is 10.3. The SMILES string of the molecule is Cc1cccc(C)c1-n1nnn(CN2CCN(CC(=O)NC3CC3)CC2)c1=S. The third-order valence-corrected chi connectivity index (χ3v) is 5.78. The Bertz CT molecular complexity index is 889. The molecule has 1 saturated carbocycles. The highest BCUT2D eigenvalue weighted by atomic mass is 32.1. The van der Waals surface area contributed by atoms with Crippen molar-refractivity contribution < 1.29 is 4.79 Å². The van der Waals surface area contributed by atoms with Crippen molar-refractivity contribution in [3.05, 3.63) is 34.1 Å². The number of amides is 1. The molecule has 1 aromatic heterocycles. The lowest BCUT2D eigenvalue weighted by Crippen LogP contribution is -2.49. The van der Waals surface area contributed by atoms with E-state index in [-0.39, 0.29) is 5.91 Å². The molecule has 1 aliphatic carbocycles. The van der Waals surface area contributed by atoms with E-state index in [0.717, 1.165) is 55.8 Å². The van der Waals surface area contributed by atoms with Crippen LogP contribution in [0.1, 0.15) is 24.0 Å². The maximum atomic E-state index is 12.0. The van der Waals surface area contributed by atoms with E-state index in [1.807, 2.05) is 6.07 Å². The maximum absolute atomic E-state index is 12.0. The summed E-state index contributed by atoms with van der Waals surface area (Å²) in [6.07, 6.45) is 2.26. The van der Waals surface area contributed by atoms with Crippen molar-refractivity contribution in [3.8, 4) is 5.69 Å². The van der Waals surface area contributed by atoms with Crippen LogP contribution in [0.3, 0.4) is 0 Å². The van der Waals surface area contributed by atoms with Crippen molar-refractivity contribution in [2.45, 2.75) is 39.4 Å². The normalized spacial score (nSPS) is 18.4. The monoisotopic (exact) mass is 401 g/mol. The van der Waals surface area contributed by atoms with E-state index in [2.05, 4.69) is 51.5 Å². The molecule has 9 heteroatoms. The van der Waals surface area contributed by atoms with Crippen molar-refractivity contribution in [2.24, 2.45) is 0 Å². The summed E-state index contributed by atoms with van der Waals surface area (Å²) in [5, 5.41) is 11.6. The number of aryl methyl sites for hydroxylation is 2. The zero-order valence-electron chi connectivity index (χ0n) is 16.5.